The van der Waals surface area contributed by atoms with Crippen molar-refractivity contribution in [3.63, 3.8) is 0 Å². The number of hydrogen-bond donors (Lipinski definition) is 2. The summed E-state index contributed by atoms with van der Waals surface area (Å²) in [6.45, 7) is 0. The molecule has 7 heteroatoms. The monoisotopic (exact) mass is 304 g/mol. The lowest BCUT2D eigenvalue weighted by Crippen LogP contribution is -2.24. The molecule has 0 spiro atoms. The van der Waals surface area contributed by atoms with E-state index in [-0.39, 0.29) is 16.8 Å². The SMILES string of the molecule is NC1C=CC(C(=O)Nc2cc(C(F)(F)F)ccc2Cl)C1. The second-order valence-corrected chi connectivity index (χ2v) is 4.98. The lowest BCUT2D eigenvalue weighted by atomic mass is 10.1. The lowest BCUT2D eigenvalue weighted by molar-refractivity contribution is -0.137. The van der Waals surface area contributed by atoms with Crippen molar-refractivity contribution in [3.05, 3.63) is 40.9 Å². The van der Waals surface area contributed by atoms with Gasteiger partial charge in [0.25, 0.3) is 0 Å². The van der Waals surface area contributed by atoms with Gasteiger partial charge in [0, 0.05) is 6.04 Å². The van der Waals surface area contributed by atoms with E-state index in [4.69, 9.17) is 17.3 Å². The van der Waals surface area contributed by atoms with Crippen LogP contribution in [0, 0.1) is 5.92 Å². The minimum atomic E-state index is -4.49. The van der Waals surface area contributed by atoms with E-state index in [0.29, 0.717) is 6.42 Å². The highest BCUT2D eigenvalue weighted by molar-refractivity contribution is 6.33. The lowest BCUT2D eigenvalue weighted by Gasteiger charge is -2.14. The van der Waals surface area contributed by atoms with Gasteiger partial charge in [0.15, 0.2) is 0 Å². The minimum absolute atomic E-state index is 0.0534. The predicted molar refractivity (Wildman–Crippen MR) is 70.3 cm³/mol. The Bertz CT molecular complexity index is 557. The maximum Gasteiger partial charge on any atom is 0.416 e. The molecule has 0 radical (unpaired) electrons. The average molecular weight is 305 g/mol. The third kappa shape index (κ3) is 3.32. The number of rotatable bonds is 2. The average Bonchev–Trinajstić information content (AvgIpc) is 2.77. The van der Waals surface area contributed by atoms with E-state index in [1.54, 1.807) is 12.2 Å². The third-order valence-corrected chi connectivity index (χ3v) is 3.33. The van der Waals surface area contributed by atoms with Crippen LogP contribution in [0.2, 0.25) is 5.02 Å². The van der Waals surface area contributed by atoms with Crippen LogP contribution in [0.15, 0.2) is 30.4 Å². The number of carbonyl (C=O) groups is 1. The number of benzene rings is 1. The molecular weight excluding hydrogens is 293 g/mol. The van der Waals surface area contributed by atoms with Crippen LogP contribution in [0.1, 0.15) is 12.0 Å². The Morgan fingerprint density at radius 3 is 2.60 bits per heavy atom. The number of hydrogen-bond acceptors (Lipinski definition) is 2. The molecule has 20 heavy (non-hydrogen) atoms. The Balaban J connectivity index is 2.17. The maximum absolute atomic E-state index is 12.6. The van der Waals surface area contributed by atoms with Crippen molar-refractivity contribution in [3.8, 4) is 0 Å². The van der Waals surface area contributed by atoms with E-state index in [2.05, 4.69) is 5.32 Å². The summed E-state index contributed by atoms with van der Waals surface area (Å²) in [5.41, 5.74) is 4.71. The van der Waals surface area contributed by atoms with Gasteiger partial charge >= 0.3 is 6.18 Å². The molecule has 3 nitrogen and oxygen atoms in total. The molecule has 3 N–H and O–H groups in total. The fraction of sp³-hybridized carbons (Fsp3) is 0.308. The predicted octanol–water partition coefficient (Wildman–Crippen LogP) is 3.20. The maximum atomic E-state index is 12.6. The molecule has 108 valence electrons. The number of carbonyl (C=O) groups excluding carboxylic acids is 1. The highest BCUT2D eigenvalue weighted by atomic mass is 35.5. The van der Waals surface area contributed by atoms with Gasteiger partial charge in [-0.15, -0.1) is 0 Å². The summed E-state index contributed by atoms with van der Waals surface area (Å²) in [6, 6.07) is 2.58. The largest absolute Gasteiger partial charge is 0.416 e. The standard InChI is InChI=1S/C13H12ClF3N2O/c14-10-4-2-8(13(15,16)17)6-11(10)19-12(20)7-1-3-9(18)5-7/h1-4,6-7,9H,5,18H2,(H,19,20). The zero-order valence-electron chi connectivity index (χ0n) is 10.2. The van der Waals surface area contributed by atoms with Crippen molar-refractivity contribution >= 4 is 23.2 Å². The van der Waals surface area contributed by atoms with Crippen LogP contribution in [0.4, 0.5) is 18.9 Å². The highest BCUT2D eigenvalue weighted by Crippen LogP contribution is 2.34. The van der Waals surface area contributed by atoms with Crippen molar-refractivity contribution in [1.29, 1.82) is 0 Å². The second-order valence-electron chi connectivity index (χ2n) is 4.57. The van der Waals surface area contributed by atoms with Crippen molar-refractivity contribution in [2.75, 3.05) is 5.32 Å². The van der Waals surface area contributed by atoms with Gasteiger partial charge < -0.3 is 11.1 Å². The van der Waals surface area contributed by atoms with Crippen molar-refractivity contribution in [2.45, 2.75) is 18.6 Å². The Labute approximate surface area is 118 Å². The van der Waals surface area contributed by atoms with E-state index in [9.17, 15) is 18.0 Å². The number of nitrogens with one attached hydrogen (secondary N) is 1. The molecule has 1 amide bonds. The van der Waals surface area contributed by atoms with Crippen LogP contribution in [-0.2, 0) is 11.0 Å². The van der Waals surface area contributed by atoms with Gasteiger partial charge in [0.2, 0.25) is 5.91 Å². The smallest absolute Gasteiger partial charge is 0.324 e. The molecule has 0 fully saturated rings. The molecule has 0 saturated heterocycles. The van der Waals surface area contributed by atoms with E-state index >= 15 is 0 Å². The first-order valence-electron chi connectivity index (χ1n) is 5.89. The number of halogens is 4. The molecule has 0 aromatic heterocycles. The van der Waals surface area contributed by atoms with Gasteiger partial charge in [-0.25, -0.2) is 0 Å². The zero-order chi connectivity index (χ0) is 14.9. The quantitative estimate of drug-likeness (QED) is 0.824. The Kier molecular flexibility index (Phi) is 4.06. The Morgan fingerprint density at radius 1 is 1.35 bits per heavy atom. The van der Waals surface area contributed by atoms with Gasteiger partial charge in [-0.1, -0.05) is 23.8 Å². The van der Waals surface area contributed by atoms with Crippen molar-refractivity contribution in [1.82, 2.24) is 0 Å². The molecule has 0 aliphatic heterocycles. The van der Waals surface area contributed by atoms with Crippen molar-refractivity contribution in [2.24, 2.45) is 11.7 Å². The molecule has 2 unspecified atom stereocenters. The summed E-state index contributed by atoms with van der Waals surface area (Å²) < 4.78 is 37.8. The first kappa shape index (κ1) is 14.9. The van der Waals surface area contributed by atoms with E-state index in [0.717, 1.165) is 18.2 Å². The van der Waals surface area contributed by atoms with Crippen LogP contribution < -0.4 is 11.1 Å². The molecule has 0 heterocycles. The van der Waals surface area contributed by atoms with Gasteiger partial charge in [-0.05, 0) is 24.6 Å². The van der Waals surface area contributed by atoms with Crippen LogP contribution in [0.3, 0.4) is 0 Å². The third-order valence-electron chi connectivity index (χ3n) is 3.01. The number of anilines is 1. The van der Waals surface area contributed by atoms with Gasteiger partial charge in [-0.3, -0.25) is 4.79 Å². The van der Waals surface area contributed by atoms with Crippen LogP contribution in [0.5, 0.6) is 0 Å². The summed E-state index contributed by atoms with van der Waals surface area (Å²) >= 11 is 5.80. The first-order valence-corrected chi connectivity index (χ1v) is 6.26. The van der Waals surface area contributed by atoms with Gasteiger partial charge in [-0.2, -0.15) is 13.2 Å². The summed E-state index contributed by atoms with van der Waals surface area (Å²) in [7, 11) is 0. The van der Waals surface area contributed by atoms with E-state index < -0.39 is 23.6 Å². The van der Waals surface area contributed by atoms with E-state index in [1.165, 1.54) is 0 Å². The zero-order valence-corrected chi connectivity index (χ0v) is 11.0. The molecule has 2 atom stereocenters. The summed E-state index contributed by atoms with van der Waals surface area (Å²) in [6.07, 6.45) is -0.721. The summed E-state index contributed by atoms with van der Waals surface area (Å²) in [4.78, 5) is 11.9. The van der Waals surface area contributed by atoms with Gasteiger partial charge in [0.05, 0.1) is 22.2 Å². The summed E-state index contributed by atoms with van der Waals surface area (Å²) in [5, 5.41) is 2.46. The minimum Gasteiger partial charge on any atom is -0.324 e. The molecular formula is C13H12ClF3N2O. The second kappa shape index (κ2) is 5.46. The van der Waals surface area contributed by atoms with Crippen LogP contribution in [-0.4, -0.2) is 11.9 Å². The fourth-order valence-corrected chi connectivity index (χ4v) is 2.11. The van der Waals surface area contributed by atoms with Gasteiger partial charge in [0.1, 0.15) is 0 Å². The Hall–Kier alpha value is -1.53. The number of nitrogens with two attached hydrogens (primary N) is 1. The molecule has 0 bridgehead atoms. The van der Waals surface area contributed by atoms with Crippen LogP contribution in [0.25, 0.3) is 0 Å². The fourth-order valence-electron chi connectivity index (χ4n) is 1.94. The Morgan fingerprint density at radius 2 is 2.05 bits per heavy atom. The molecule has 2 rings (SSSR count). The molecule has 1 aliphatic carbocycles. The topological polar surface area (TPSA) is 55.1 Å². The summed E-state index contributed by atoms with van der Waals surface area (Å²) in [5.74, 6) is -0.869. The highest BCUT2D eigenvalue weighted by Gasteiger charge is 2.31. The molecule has 1 aromatic carbocycles. The molecule has 0 saturated carbocycles. The normalized spacial score (nSPS) is 22.1. The van der Waals surface area contributed by atoms with Crippen LogP contribution >= 0.6 is 11.6 Å². The molecule has 1 aromatic rings. The number of amides is 1. The number of alkyl halides is 3. The molecule has 1 aliphatic rings. The van der Waals surface area contributed by atoms with Crippen molar-refractivity contribution < 1.29 is 18.0 Å². The van der Waals surface area contributed by atoms with E-state index in [1.807, 2.05) is 0 Å². The first-order chi connectivity index (χ1) is 9.27.